The summed E-state index contributed by atoms with van der Waals surface area (Å²) in [6.07, 6.45) is 0.597. The van der Waals surface area contributed by atoms with Gasteiger partial charge < -0.3 is 14.8 Å². The van der Waals surface area contributed by atoms with Gasteiger partial charge in [-0.3, -0.25) is 13.5 Å². The highest BCUT2D eigenvalue weighted by Crippen LogP contribution is 2.24. The number of methoxy groups -OCH3 is 2. The van der Waals surface area contributed by atoms with Crippen molar-refractivity contribution < 1.29 is 14.3 Å². The summed E-state index contributed by atoms with van der Waals surface area (Å²) >= 11 is 1.31. The van der Waals surface area contributed by atoms with Gasteiger partial charge in [-0.25, -0.2) is 0 Å². The van der Waals surface area contributed by atoms with Crippen molar-refractivity contribution >= 4 is 27.5 Å². The van der Waals surface area contributed by atoms with Crippen LogP contribution in [0.5, 0.6) is 11.5 Å². The molecule has 0 radical (unpaired) electrons. The second-order valence-electron chi connectivity index (χ2n) is 6.11. The number of fused-ring (bicyclic) bond motifs is 1. The smallest absolute Gasteiger partial charge is 0.269 e. The van der Waals surface area contributed by atoms with Crippen LogP contribution in [0.2, 0.25) is 0 Å². The number of hydrogen-bond donors (Lipinski definition) is 1. The minimum atomic E-state index is -0.567. The van der Waals surface area contributed by atoms with Crippen molar-refractivity contribution in [3.05, 3.63) is 58.4 Å². The summed E-state index contributed by atoms with van der Waals surface area (Å²) in [4.78, 5) is 25.0. The molecule has 1 atom stereocenters. The van der Waals surface area contributed by atoms with Gasteiger partial charge in [0, 0.05) is 6.54 Å². The van der Waals surface area contributed by atoms with Gasteiger partial charge in [0.2, 0.25) is 5.91 Å². The van der Waals surface area contributed by atoms with Gasteiger partial charge in [-0.1, -0.05) is 23.7 Å². The second-order valence-corrected chi connectivity index (χ2v) is 7.13. The molecule has 6 nitrogen and oxygen atoms in total. The zero-order chi connectivity index (χ0) is 19.4. The van der Waals surface area contributed by atoms with Gasteiger partial charge in [0.1, 0.15) is 17.5 Å². The Hall–Kier alpha value is -2.80. The summed E-state index contributed by atoms with van der Waals surface area (Å²) in [5, 5.41) is 3.54. The monoisotopic (exact) mass is 386 g/mol. The molecule has 0 saturated carbocycles. The standard InChI is InChI=1S/C20H22N2O4S/c1-13(22-20(24)16-6-4-5-7-18(16)27-22)19(23)21-11-10-14-12-15(25-2)8-9-17(14)26-3/h4-9,12-13H,10-11H2,1-3H3,(H,21,23)/t13-/m0/s1. The van der Waals surface area contributed by atoms with E-state index >= 15 is 0 Å². The van der Waals surface area contributed by atoms with Crippen molar-refractivity contribution in [1.82, 2.24) is 9.27 Å². The zero-order valence-electron chi connectivity index (χ0n) is 15.5. The Morgan fingerprint density at radius 3 is 2.67 bits per heavy atom. The van der Waals surface area contributed by atoms with Crippen LogP contribution in [-0.4, -0.2) is 30.6 Å². The minimum absolute atomic E-state index is 0.132. The van der Waals surface area contributed by atoms with E-state index in [4.69, 9.17) is 9.47 Å². The Kier molecular flexibility index (Phi) is 5.81. The highest BCUT2D eigenvalue weighted by Gasteiger charge is 2.19. The first-order valence-electron chi connectivity index (χ1n) is 8.64. The molecule has 0 bridgehead atoms. The SMILES string of the molecule is COc1ccc(OC)c(CCNC(=O)[C@H](C)n2sc3ccccc3c2=O)c1. The average molecular weight is 386 g/mol. The quantitative estimate of drug-likeness (QED) is 0.678. The molecule has 0 unspecified atom stereocenters. The maximum Gasteiger partial charge on any atom is 0.269 e. The third-order valence-electron chi connectivity index (χ3n) is 4.43. The first-order chi connectivity index (χ1) is 13.0. The van der Waals surface area contributed by atoms with E-state index in [1.807, 2.05) is 36.4 Å². The number of benzene rings is 2. The summed E-state index contributed by atoms with van der Waals surface area (Å²) in [6, 6.07) is 12.4. The number of nitrogens with one attached hydrogen (secondary N) is 1. The topological polar surface area (TPSA) is 69.6 Å². The maximum atomic E-state index is 12.5. The molecule has 0 aliphatic heterocycles. The Labute approximate surface area is 161 Å². The van der Waals surface area contributed by atoms with Crippen molar-refractivity contribution in [3.63, 3.8) is 0 Å². The Balaban J connectivity index is 1.67. The van der Waals surface area contributed by atoms with Gasteiger partial charge >= 0.3 is 0 Å². The molecular formula is C20H22N2O4S. The highest BCUT2D eigenvalue weighted by molar-refractivity contribution is 7.14. The molecule has 0 aliphatic carbocycles. The minimum Gasteiger partial charge on any atom is -0.497 e. The van der Waals surface area contributed by atoms with Crippen LogP contribution in [0.25, 0.3) is 10.1 Å². The van der Waals surface area contributed by atoms with Crippen molar-refractivity contribution in [1.29, 1.82) is 0 Å². The molecule has 1 heterocycles. The van der Waals surface area contributed by atoms with Crippen LogP contribution in [0.4, 0.5) is 0 Å². The summed E-state index contributed by atoms with van der Waals surface area (Å²) in [5.74, 6) is 1.30. The number of carbonyl (C=O) groups is 1. The fraction of sp³-hybridized carbons (Fsp3) is 0.300. The molecule has 0 spiro atoms. The highest BCUT2D eigenvalue weighted by atomic mass is 32.1. The lowest BCUT2D eigenvalue weighted by atomic mass is 10.1. The molecule has 0 fully saturated rings. The molecule has 0 saturated heterocycles. The van der Waals surface area contributed by atoms with E-state index < -0.39 is 6.04 Å². The Morgan fingerprint density at radius 1 is 1.19 bits per heavy atom. The van der Waals surface area contributed by atoms with Crippen LogP contribution in [0.15, 0.2) is 47.3 Å². The Bertz CT molecular complexity index is 1010. The lowest BCUT2D eigenvalue weighted by Gasteiger charge is -2.14. The molecule has 3 rings (SSSR count). The first-order valence-corrected chi connectivity index (χ1v) is 9.41. The van der Waals surface area contributed by atoms with E-state index in [9.17, 15) is 9.59 Å². The average Bonchev–Trinajstić information content (AvgIpc) is 3.04. The fourth-order valence-electron chi connectivity index (χ4n) is 2.90. The normalized spacial score (nSPS) is 12.0. The van der Waals surface area contributed by atoms with Gasteiger partial charge in [0.25, 0.3) is 5.56 Å². The first kappa shape index (κ1) is 19.0. The van der Waals surface area contributed by atoms with E-state index in [0.29, 0.717) is 18.4 Å². The number of hydrogen-bond acceptors (Lipinski definition) is 5. The van der Waals surface area contributed by atoms with Crippen LogP contribution in [0.1, 0.15) is 18.5 Å². The van der Waals surface area contributed by atoms with Crippen molar-refractivity contribution in [3.8, 4) is 11.5 Å². The summed E-state index contributed by atoms with van der Waals surface area (Å²) < 4.78 is 13.0. The van der Waals surface area contributed by atoms with Crippen LogP contribution in [-0.2, 0) is 11.2 Å². The maximum absolute atomic E-state index is 12.5. The van der Waals surface area contributed by atoms with Gasteiger partial charge in [-0.05, 0) is 49.2 Å². The van der Waals surface area contributed by atoms with E-state index in [-0.39, 0.29) is 11.5 Å². The van der Waals surface area contributed by atoms with Gasteiger partial charge in [0.05, 0.1) is 24.3 Å². The third kappa shape index (κ3) is 3.98. The molecule has 7 heteroatoms. The van der Waals surface area contributed by atoms with E-state index in [0.717, 1.165) is 21.8 Å². The summed E-state index contributed by atoms with van der Waals surface area (Å²) in [7, 11) is 3.22. The summed E-state index contributed by atoms with van der Waals surface area (Å²) in [5.41, 5.74) is 0.816. The largest absolute Gasteiger partial charge is 0.497 e. The molecule has 1 aromatic heterocycles. The predicted octanol–water partition coefficient (Wildman–Crippen LogP) is 3.00. The lowest BCUT2D eigenvalue weighted by molar-refractivity contribution is -0.123. The fourth-order valence-corrected chi connectivity index (χ4v) is 3.94. The van der Waals surface area contributed by atoms with E-state index in [2.05, 4.69) is 5.32 Å². The second kappa shape index (κ2) is 8.26. The zero-order valence-corrected chi connectivity index (χ0v) is 16.3. The molecule has 27 heavy (non-hydrogen) atoms. The molecular weight excluding hydrogens is 364 g/mol. The van der Waals surface area contributed by atoms with Crippen molar-refractivity contribution in [2.24, 2.45) is 0 Å². The third-order valence-corrected chi connectivity index (χ3v) is 5.66. The lowest BCUT2D eigenvalue weighted by Crippen LogP contribution is -2.34. The van der Waals surface area contributed by atoms with Gasteiger partial charge in [-0.2, -0.15) is 0 Å². The number of aromatic nitrogens is 1. The van der Waals surface area contributed by atoms with E-state index in [1.54, 1.807) is 27.2 Å². The Morgan fingerprint density at radius 2 is 1.96 bits per heavy atom. The van der Waals surface area contributed by atoms with E-state index in [1.165, 1.54) is 15.5 Å². The van der Waals surface area contributed by atoms with Crippen LogP contribution < -0.4 is 20.3 Å². The molecule has 3 aromatic rings. The van der Waals surface area contributed by atoms with Crippen LogP contribution >= 0.6 is 11.5 Å². The summed E-state index contributed by atoms with van der Waals surface area (Å²) in [6.45, 7) is 2.17. The van der Waals surface area contributed by atoms with Crippen molar-refractivity contribution in [2.45, 2.75) is 19.4 Å². The predicted molar refractivity (Wildman–Crippen MR) is 107 cm³/mol. The van der Waals surface area contributed by atoms with Gasteiger partial charge in [0.15, 0.2) is 0 Å². The molecule has 2 aromatic carbocycles. The van der Waals surface area contributed by atoms with Crippen LogP contribution in [0, 0.1) is 0 Å². The van der Waals surface area contributed by atoms with Gasteiger partial charge in [-0.15, -0.1) is 0 Å². The van der Waals surface area contributed by atoms with Crippen LogP contribution in [0.3, 0.4) is 0 Å². The molecule has 1 N–H and O–H groups in total. The molecule has 142 valence electrons. The molecule has 0 aliphatic rings. The van der Waals surface area contributed by atoms with Crippen molar-refractivity contribution in [2.75, 3.05) is 20.8 Å². The number of carbonyl (C=O) groups excluding carboxylic acids is 1. The molecule has 1 amide bonds. The number of rotatable bonds is 7. The number of amides is 1. The number of ether oxygens (including phenoxy) is 2. The number of nitrogens with zero attached hydrogens (tertiary/aromatic N) is 1.